The second-order valence-corrected chi connectivity index (χ2v) is 22.4. The van der Waals surface area contributed by atoms with Gasteiger partial charge in [-0.15, -0.1) is 0 Å². The predicted octanol–water partition coefficient (Wildman–Crippen LogP) is 9.68. The van der Waals surface area contributed by atoms with Crippen molar-refractivity contribution >= 4 is 86.6 Å². The van der Waals surface area contributed by atoms with Gasteiger partial charge in [-0.25, -0.2) is 0 Å². The largest absolute Gasteiger partial charge is 0.335 e. The molecule has 0 bridgehead atoms. The molecule has 52 heavy (non-hydrogen) atoms. The quantitative estimate of drug-likeness (QED) is 0.171. The number of hydrogen-bond acceptors (Lipinski definition) is 2. The number of anilines is 5. The maximum Gasteiger partial charge on any atom is 0.252 e. The number of para-hydroxylation sites is 4. The van der Waals surface area contributed by atoms with Crippen LogP contribution in [-0.2, 0) is 5.41 Å². The maximum atomic E-state index is 2.88. The van der Waals surface area contributed by atoms with E-state index in [2.05, 4.69) is 175 Å². The molecule has 1 aromatic heterocycles. The first-order valence-electron chi connectivity index (χ1n) is 19.3. The number of benzene rings is 6. The van der Waals surface area contributed by atoms with Gasteiger partial charge in [0.15, 0.2) is 0 Å². The van der Waals surface area contributed by atoms with E-state index in [0.717, 1.165) is 0 Å². The Bertz CT molecular complexity index is 2580. The third-order valence-corrected chi connectivity index (χ3v) is 15.6. The second kappa shape index (κ2) is 10.3. The molecule has 3 aliphatic heterocycles. The summed E-state index contributed by atoms with van der Waals surface area (Å²) in [4.78, 5) is 5.35. The van der Waals surface area contributed by atoms with Crippen molar-refractivity contribution in [2.45, 2.75) is 70.1 Å². The summed E-state index contributed by atoms with van der Waals surface area (Å²) in [6.07, 6.45) is 4.98. The lowest BCUT2D eigenvalue weighted by Crippen LogP contribution is -2.64. The van der Waals surface area contributed by atoms with Crippen molar-refractivity contribution in [3.8, 4) is 5.69 Å². The van der Waals surface area contributed by atoms with Crippen LogP contribution < -0.4 is 31.4 Å². The number of aromatic nitrogens is 1. The molecule has 0 amide bonds. The topological polar surface area (TPSA) is 11.4 Å². The van der Waals surface area contributed by atoms with Crippen LogP contribution in [0, 0.1) is 0 Å². The van der Waals surface area contributed by atoms with Gasteiger partial charge in [0.25, 0.3) is 6.71 Å². The smallest absolute Gasteiger partial charge is 0.252 e. The molecule has 2 atom stereocenters. The summed E-state index contributed by atoms with van der Waals surface area (Å²) < 4.78 is 2.62. The normalized spacial score (nSPS) is 20.9. The van der Waals surface area contributed by atoms with Crippen LogP contribution >= 0.6 is 0 Å². The molecule has 1 saturated carbocycles. The molecule has 7 aromatic rings. The van der Waals surface area contributed by atoms with Gasteiger partial charge in [-0.2, -0.15) is 0 Å². The third kappa shape index (κ3) is 3.77. The zero-order valence-corrected chi connectivity index (χ0v) is 31.9. The molecule has 6 aromatic carbocycles. The molecule has 1 fully saturated rings. The van der Waals surface area contributed by atoms with Gasteiger partial charge in [-0.3, -0.25) is 0 Å². The van der Waals surface area contributed by atoms with Crippen molar-refractivity contribution < 1.29 is 0 Å². The molecule has 3 nitrogen and oxygen atoms in total. The lowest BCUT2D eigenvalue weighted by atomic mass is 9.33. The minimum atomic E-state index is -1.65. The van der Waals surface area contributed by atoms with Crippen molar-refractivity contribution in [3.05, 3.63) is 133 Å². The summed E-state index contributed by atoms with van der Waals surface area (Å²) >= 11 is 0. The molecule has 2 unspecified atom stereocenters. The Balaban J connectivity index is 1.33. The SMILES string of the molecule is CC12CCCCC1(C)N1c3cc(N(c4ccccc4)c4ccccc4)cc4c3B(c3cc([Si](C)(C)C)cc2c31)c1cccc2c3ccccc3n-4c12. The zero-order valence-electron chi connectivity index (χ0n) is 30.9. The lowest BCUT2D eigenvalue weighted by Gasteiger charge is -2.52. The fraction of sp³-hybridized carbons (Fsp3) is 0.234. The van der Waals surface area contributed by atoms with Gasteiger partial charge < -0.3 is 14.4 Å². The van der Waals surface area contributed by atoms with Gasteiger partial charge in [-0.1, -0.05) is 130 Å². The summed E-state index contributed by atoms with van der Waals surface area (Å²) in [5.41, 5.74) is 16.5. The molecule has 0 saturated heterocycles. The highest BCUT2D eigenvalue weighted by atomic mass is 28.3. The van der Waals surface area contributed by atoms with Crippen LogP contribution in [0.1, 0.15) is 45.1 Å². The Labute approximate surface area is 308 Å². The summed E-state index contributed by atoms with van der Waals surface area (Å²) in [7, 11) is -1.65. The van der Waals surface area contributed by atoms with Crippen molar-refractivity contribution in [3.63, 3.8) is 0 Å². The Morgan fingerprint density at radius 1 is 0.635 bits per heavy atom. The van der Waals surface area contributed by atoms with Crippen LogP contribution in [0.15, 0.2) is 127 Å². The standard InChI is InChI=1S/C47H44BN3Si/c1-46-25-14-15-26-47(46,2)51-42-28-33(49(31-17-8-6-9-18-31)32-19-10-7-11-20-32)27-41-43(42)48(39-30-34(52(3,4)5)29-37(46)45(39)51)38-23-16-22-36-35-21-12-13-24-40(35)50(41)44(36)38/h6-13,16-24,27-30H,14-15,25-26H2,1-5H3. The number of nitrogens with zero attached hydrogens (tertiary/aromatic N) is 3. The summed E-state index contributed by atoms with van der Waals surface area (Å²) in [6.45, 7) is 13.0. The van der Waals surface area contributed by atoms with Crippen LogP contribution in [0.2, 0.25) is 19.6 Å². The van der Waals surface area contributed by atoms with Gasteiger partial charge in [0, 0.05) is 50.1 Å². The number of hydrogen-bond donors (Lipinski definition) is 0. The third-order valence-electron chi connectivity index (χ3n) is 13.6. The summed E-state index contributed by atoms with van der Waals surface area (Å²) in [5, 5.41) is 4.27. The van der Waals surface area contributed by atoms with Gasteiger partial charge in [0.2, 0.25) is 0 Å². The minimum absolute atomic E-state index is 0.0346. The van der Waals surface area contributed by atoms with Gasteiger partial charge in [0.05, 0.1) is 24.8 Å². The Morgan fingerprint density at radius 2 is 1.29 bits per heavy atom. The Morgan fingerprint density at radius 3 is 2.02 bits per heavy atom. The highest BCUT2D eigenvalue weighted by Crippen LogP contribution is 2.61. The molecule has 254 valence electrons. The lowest BCUT2D eigenvalue weighted by molar-refractivity contribution is 0.195. The maximum absolute atomic E-state index is 2.88. The van der Waals surface area contributed by atoms with E-state index in [9.17, 15) is 0 Å². The van der Waals surface area contributed by atoms with Crippen LogP contribution in [0.5, 0.6) is 0 Å². The van der Waals surface area contributed by atoms with Crippen molar-refractivity contribution in [1.82, 2.24) is 4.57 Å². The molecular weight excluding hydrogens is 645 g/mol. The molecular formula is C47H44BN3Si. The van der Waals surface area contributed by atoms with E-state index in [1.807, 2.05) is 0 Å². The van der Waals surface area contributed by atoms with Crippen LogP contribution in [0.3, 0.4) is 0 Å². The molecule has 0 spiro atoms. The van der Waals surface area contributed by atoms with E-state index in [4.69, 9.17) is 0 Å². The Kier molecular flexibility index (Phi) is 6.08. The van der Waals surface area contributed by atoms with E-state index < -0.39 is 8.07 Å². The highest BCUT2D eigenvalue weighted by Gasteiger charge is 2.61. The summed E-state index contributed by atoms with van der Waals surface area (Å²) in [5.74, 6) is 0. The van der Waals surface area contributed by atoms with Gasteiger partial charge in [0.1, 0.15) is 0 Å². The highest BCUT2D eigenvalue weighted by molar-refractivity contribution is 7.01. The van der Waals surface area contributed by atoms with E-state index in [1.165, 1.54) is 98.0 Å². The molecule has 5 heteroatoms. The summed E-state index contributed by atoms with van der Waals surface area (Å²) in [6, 6.07) is 48.5. The first kappa shape index (κ1) is 30.6. The van der Waals surface area contributed by atoms with Gasteiger partial charge >= 0.3 is 0 Å². The number of fused-ring (bicyclic) bond motifs is 10. The second-order valence-electron chi connectivity index (χ2n) is 17.3. The first-order valence-corrected chi connectivity index (χ1v) is 22.8. The molecule has 11 rings (SSSR count). The fourth-order valence-electron chi connectivity index (χ4n) is 10.9. The van der Waals surface area contributed by atoms with Crippen molar-refractivity contribution in [2.75, 3.05) is 9.80 Å². The molecule has 0 N–H and O–H groups in total. The molecule has 0 radical (unpaired) electrons. The fourth-order valence-corrected chi connectivity index (χ4v) is 12.1. The van der Waals surface area contributed by atoms with Crippen LogP contribution in [0.25, 0.3) is 27.5 Å². The molecule has 4 heterocycles. The molecule has 4 aliphatic rings. The van der Waals surface area contributed by atoms with E-state index in [-0.39, 0.29) is 17.7 Å². The Hall–Kier alpha value is -5.00. The van der Waals surface area contributed by atoms with Gasteiger partial charge in [-0.05, 0) is 84.2 Å². The van der Waals surface area contributed by atoms with Crippen LogP contribution in [0.4, 0.5) is 28.4 Å². The average Bonchev–Trinajstić information content (AvgIpc) is 3.60. The van der Waals surface area contributed by atoms with E-state index in [0.29, 0.717) is 0 Å². The predicted molar refractivity (Wildman–Crippen MR) is 226 cm³/mol. The van der Waals surface area contributed by atoms with Crippen LogP contribution in [-0.4, -0.2) is 24.9 Å². The monoisotopic (exact) mass is 689 g/mol. The van der Waals surface area contributed by atoms with Crippen molar-refractivity contribution in [1.29, 1.82) is 0 Å². The zero-order chi connectivity index (χ0) is 35.1. The first-order chi connectivity index (χ1) is 25.2. The average molecular weight is 690 g/mol. The number of rotatable bonds is 4. The molecule has 1 aliphatic carbocycles. The van der Waals surface area contributed by atoms with E-state index >= 15 is 0 Å². The van der Waals surface area contributed by atoms with Crippen molar-refractivity contribution in [2.24, 2.45) is 0 Å². The minimum Gasteiger partial charge on any atom is -0.335 e. The van der Waals surface area contributed by atoms with E-state index in [1.54, 1.807) is 10.8 Å².